The van der Waals surface area contributed by atoms with Gasteiger partial charge in [0.05, 0.1) is 6.54 Å². The zero-order valence-corrected chi connectivity index (χ0v) is 8.81. The molecule has 0 aromatic carbocycles. The Morgan fingerprint density at radius 2 is 2.00 bits per heavy atom. The highest BCUT2D eigenvalue weighted by Crippen LogP contribution is 2.15. The molecule has 2 nitrogen and oxygen atoms in total. The van der Waals surface area contributed by atoms with E-state index < -0.39 is 6.43 Å². The molecule has 0 atom stereocenters. The number of hydrogen-bond acceptors (Lipinski definition) is 2. The van der Waals surface area contributed by atoms with E-state index in [0.29, 0.717) is 5.92 Å². The van der Waals surface area contributed by atoms with Gasteiger partial charge in [0.2, 0.25) is 0 Å². The van der Waals surface area contributed by atoms with Crippen molar-refractivity contribution in [1.82, 2.24) is 10.2 Å². The molecule has 0 saturated carbocycles. The predicted octanol–water partition coefficient (Wildman–Crippen LogP) is 1.57. The second kappa shape index (κ2) is 6.30. The Morgan fingerprint density at radius 3 is 2.50 bits per heavy atom. The van der Waals surface area contributed by atoms with Crippen LogP contribution in [0.3, 0.4) is 0 Å². The monoisotopic (exact) mass is 206 g/mol. The molecule has 1 saturated heterocycles. The summed E-state index contributed by atoms with van der Waals surface area (Å²) >= 11 is 0. The summed E-state index contributed by atoms with van der Waals surface area (Å²) in [5.74, 6) is 0.594. The highest BCUT2D eigenvalue weighted by atomic mass is 19.3. The number of hydrogen-bond donors (Lipinski definition) is 1. The van der Waals surface area contributed by atoms with Crippen molar-refractivity contribution in [2.45, 2.75) is 26.2 Å². The molecule has 4 heteroatoms. The van der Waals surface area contributed by atoms with Gasteiger partial charge in [-0.3, -0.25) is 0 Å². The molecule has 14 heavy (non-hydrogen) atoms. The second-order valence-corrected chi connectivity index (χ2v) is 3.93. The smallest absolute Gasteiger partial charge is 0.250 e. The van der Waals surface area contributed by atoms with Crippen LogP contribution in [-0.4, -0.2) is 44.0 Å². The van der Waals surface area contributed by atoms with E-state index in [1.54, 1.807) is 0 Å². The van der Waals surface area contributed by atoms with Crippen LogP contribution in [0.4, 0.5) is 8.78 Å². The van der Waals surface area contributed by atoms with E-state index in [0.717, 1.165) is 39.0 Å². The van der Waals surface area contributed by atoms with Gasteiger partial charge < -0.3 is 10.2 Å². The molecule has 0 unspecified atom stereocenters. The molecule has 0 radical (unpaired) electrons. The van der Waals surface area contributed by atoms with Gasteiger partial charge in [-0.15, -0.1) is 0 Å². The summed E-state index contributed by atoms with van der Waals surface area (Å²) in [6, 6.07) is 0. The fourth-order valence-electron chi connectivity index (χ4n) is 1.90. The number of halogens is 2. The van der Waals surface area contributed by atoms with Crippen molar-refractivity contribution in [3.8, 4) is 0 Å². The minimum Gasteiger partial charge on any atom is -0.311 e. The van der Waals surface area contributed by atoms with Crippen molar-refractivity contribution in [3.63, 3.8) is 0 Å². The third-order valence-corrected chi connectivity index (χ3v) is 2.89. The molecule has 0 aliphatic carbocycles. The maximum atomic E-state index is 11.8. The molecule has 1 aliphatic heterocycles. The average Bonchev–Trinajstić information content (AvgIpc) is 2.18. The zero-order valence-electron chi connectivity index (χ0n) is 8.81. The summed E-state index contributed by atoms with van der Waals surface area (Å²) in [7, 11) is 0. The Labute approximate surface area is 84.7 Å². The SMILES string of the molecule is CCN1CCC(CNCC(F)F)CC1. The van der Waals surface area contributed by atoms with E-state index in [2.05, 4.69) is 17.1 Å². The van der Waals surface area contributed by atoms with Crippen LogP contribution in [0.5, 0.6) is 0 Å². The first-order valence-corrected chi connectivity index (χ1v) is 5.43. The fraction of sp³-hybridized carbons (Fsp3) is 1.00. The van der Waals surface area contributed by atoms with Crippen LogP contribution in [0.2, 0.25) is 0 Å². The van der Waals surface area contributed by atoms with Gasteiger partial charge in [0, 0.05) is 0 Å². The lowest BCUT2D eigenvalue weighted by Crippen LogP contribution is -2.37. The van der Waals surface area contributed by atoms with E-state index in [9.17, 15) is 8.78 Å². The van der Waals surface area contributed by atoms with Crippen LogP contribution < -0.4 is 5.32 Å². The van der Waals surface area contributed by atoms with Gasteiger partial charge >= 0.3 is 0 Å². The van der Waals surface area contributed by atoms with Crippen molar-refractivity contribution < 1.29 is 8.78 Å². The molecular weight excluding hydrogens is 186 g/mol. The average molecular weight is 206 g/mol. The first kappa shape index (κ1) is 11.9. The maximum Gasteiger partial charge on any atom is 0.250 e. The topological polar surface area (TPSA) is 15.3 Å². The highest BCUT2D eigenvalue weighted by Gasteiger charge is 2.17. The zero-order chi connectivity index (χ0) is 10.4. The third kappa shape index (κ3) is 4.33. The minimum absolute atomic E-state index is 0.159. The fourth-order valence-corrected chi connectivity index (χ4v) is 1.90. The standard InChI is InChI=1S/C10H20F2N2/c1-2-14-5-3-9(4-6-14)7-13-8-10(11)12/h9-10,13H,2-8H2,1H3. The van der Waals surface area contributed by atoms with E-state index in [-0.39, 0.29) is 6.54 Å². The third-order valence-electron chi connectivity index (χ3n) is 2.89. The van der Waals surface area contributed by atoms with E-state index in [1.807, 2.05) is 0 Å². The Hall–Kier alpha value is -0.220. The first-order valence-electron chi connectivity index (χ1n) is 5.43. The quantitative estimate of drug-likeness (QED) is 0.734. The van der Waals surface area contributed by atoms with Gasteiger partial charge in [0.15, 0.2) is 0 Å². The number of nitrogens with zero attached hydrogens (tertiary/aromatic N) is 1. The lowest BCUT2D eigenvalue weighted by atomic mass is 9.97. The normalized spacial score (nSPS) is 20.6. The summed E-state index contributed by atoms with van der Waals surface area (Å²) < 4.78 is 23.7. The molecule has 0 aromatic heterocycles. The molecule has 0 spiro atoms. The lowest BCUT2D eigenvalue weighted by Gasteiger charge is -2.31. The van der Waals surface area contributed by atoms with Gasteiger partial charge in [-0.05, 0) is 44.9 Å². The van der Waals surface area contributed by atoms with Crippen molar-refractivity contribution >= 4 is 0 Å². The largest absolute Gasteiger partial charge is 0.311 e. The molecule has 1 rings (SSSR count). The molecule has 0 amide bonds. The molecule has 0 aromatic rings. The van der Waals surface area contributed by atoms with E-state index in [1.165, 1.54) is 0 Å². The minimum atomic E-state index is -2.22. The van der Waals surface area contributed by atoms with Crippen LogP contribution in [0.15, 0.2) is 0 Å². The molecule has 84 valence electrons. The van der Waals surface area contributed by atoms with Gasteiger partial charge in [0.1, 0.15) is 0 Å². The first-order chi connectivity index (χ1) is 6.72. The van der Waals surface area contributed by atoms with Crippen LogP contribution >= 0.6 is 0 Å². The van der Waals surface area contributed by atoms with Gasteiger partial charge in [-0.25, -0.2) is 8.78 Å². The van der Waals surface area contributed by atoms with Crippen molar-refractivity contribution in [2.75, 3.05) is 32.7 Å². The molecule has 1 fully saturated rings. The molecular formula is C10H20F2N2. The van der Waals surface area contributed by atoms with Crippen LogP contribution in [0.25, 0.3) is 0 Å². The second-order valence-electron chi connectivity index (χ2n) is 3.93. The van der Waals surface area contributed by atoms with Gasteiger partial charge in [-0.2, -0.15) is 0 Å². The van der Waals surface area contributed by atoms with E-state index >= 15 is 0 Å². The summed E-state index contributed by atoms with van der Waals surface area (Å²) in [5.41, 5.74) is 0. The summed E-state index contributed by atoms with van der Waals surface area (Å²) in [6.07, 6.45) is 0.0690. The van der Waals surface area contributed by atoms with Crippen molar-refractivity contribution in [1.29, 1.82) is 0 Å². The van der Waals surface area contributed by atoms with Crippen LogP contribution in [0, 0.1) is 5.92 Å². The number of likely N-dealkylation sites (tertiary alicyclic amines) is 1. The van der Waals surface area contributed by atoms with Crippen molar-refractivity contribution in [2.24, 2.45) is 5.92 Å². The number of nitrogens with one attached hydrogen (secondary N) is 1. The van der Waals surface area contributed by atoms with Crippen LogP contribution in [-0.2, 0) is 0 Å². The van der Waals surface area contributed by atoms with Gasteiger partial charge in [-0.1, -0.05) is 6.92 Å². The summed E-state index contributed by atoms with van der Waals surface area (Å²) in [4.78, 5) is 2.41. The molecule has 1 N–H and O–H groups in total. The number of alkyl halides is 2. The van der Waals surface area contributed by atoms with Crippen LogP contribution in [0.1, 0.15) is 19.8 Å². The Morgan fingerprint density at radius 1 is 1.36 bits per heavy atom. The van der Waals surface area contributed by atoms with Gasteiger partial charge in [0.25, 0.3) is 6.43 Å². The Bertz CT molecular complexity index is 145. The predicted molar refractivity (Wildman–Crippen MR) is 53.7 cm³/mol. The summed E-state index contributed by atoms with van der Waals surface area (Å²) in [6.45, 7) is 6.11. The highest BCUT2D eigenvalue weighted by molar-refractivity contribution is 4.73. The molecule has 0 bridgehead atoms. The molecule has 1 aliphatic rings. The maximum absolute atomic E-state index is 11.8. The van der Waals surface area contributed by atoms with E-state index in [4.69, 9.17) is 0 Å². The summed E-state index contributed by atoms with van der Waals surface area (Å²) in [5, 5.41) is 2.82. The number of rotatable bonds is 5. The molecule has 1 heterocycles. The Balaban J connectivity index is 2.04. The lowest BCUT2D eigenvalue weighted by molar-refractivity contribution is 0.138. The Kier molecular flexibility index (Phi) is 5.33. The van der Waals surface area contributed by atoms with Crippen molar-refractivity contribution in [3.05, 3.63) is 0 Å². The number of piperidine rings is 1.